The van der Waals surface area contributed by atoms with E-state index in [1.54, 1.807) is 0 Å². The van der Waals surface area contributed by atoms with E-state index >= 15 is 0 Å². The van der Waals surface area contributed by atoms with Crippen molar-refractivity contribution in [3.63, 3.8) is 0 Å². The molecule has 1 rings (SSSR count). The van der Waals surface area contributed by atoms with E-state index in [2.05, 4.69) is 55.1 Å². The van der Waals surface area contributed by atoms with Gasteiger partial charge in [-0.1, -0.05) is 13.8 Å². The van der Waals surface area contributed by atoms with Crippen LogP contribution in [0.4, 0.5) is 0 Å². The fourth-order valence-electron chi connectivity index (χ4n) is 2.63. The zero-order chi connectivity index (χ0) is 15.7. The second-order valence-corrected chi connectivity index (χ2v) is 6.36. The number of rotatable bonds is 7. The number of likely N-dealkylation sites (N-methyl/N-ethyl adjacent to an activating group) is 1. The average molecular weight is 425 g/mol. The Morgan fingerprint density at radius 3 is 2.14 bits per heavy atom. The summed E-state index contributed by atoms with van der Waals surface area (Å²) in [6.07, 6.45) is 0. The second-order valence-electron chi connectivity index (χ2n) is 6.36. The summed E-state index contributed by atoms with van der Waals surface area (Å²) in [5.41, 5.74) is 0. The molecule has 1 fully saturated rings. The van der Waals surface area contributed by atoms with Gasteiger partial charge in [-0.2, -0.15) is 0 Å². The van der Waals surface area contributed by atoms with Gasteiger partial charge in [-0.15, -0.1) is 24.0 Å². The summed E-state index contributed by atoms with van der Waals surface area (Å²) in [4.78, 5) is 9.81. The van der Waals surface area contributed by atoms with Gasteiger partial charge < -0.3 is 20.4 Å². The maximum atomic E-state index is 4.71. The highest BCUT2D eigenvalue weighted by atomic mass is 127. The predicted octanol–water partition coefficient (Wildman–Crippen LogP) is 1.84. The van der Waals surface area contributed by atoms with E-state index in [-0.39, 0.29) is 24.0 Å². The van der Waals surface area contributed by atoms with Gasteiger partial charge in [-0.25, -0.2) is 0 Å². The Morgan fingerprint density at radius 2 is 1.64 bits per heavy atom. The normalized spacial score (nSPS) is 18.9. The van der Waals surface area contributed by atoms with Gasteiger partial charge in [0.2, 0.25) is 0 Å². The summed E-state index contributed by atoms with van der Waals surface area (Å²) in [5.74, 6) is 1.54. The number of hydrogen-bond donors (Lipinski definition) is 2. The van der Waals surface area contributed by atoms with Crippen LogP contribution in [0.3, 0.4) is 0 Å². The average Bonchev–Trinajstić information content (AvgIpc) is 2.45. The maximum Gasteiger partial charge on any atom is 0.191 e. The van der Waals surface area contributed by atoms with Gasteiger partial charge in [-0.05, 0) is 33.2 Å². The van der Waals surface area contributed by atoms with Crippen LogP contribution in [0, 0.1) is 5.92 Å². The van der Waals surface area contributed by atoms with Crippen LogP contribution in [-0.4, -0.2) is 74.2 Å². The molecule has 1 atom stereocenters. The van der Waals surface area contributed by atoms with Crippen LogP contribution >= 0.6 is 24.0 Å². The van der Waals surface area contributed by atoms with Crippen molar-refractivity contribution < 1.29 is 0 Å². The summed E-state index contributed by atoms with van der Waals surface area (Å²) < 4.78 is 0. The molecule has 0 amide bonds. The highest BCUT2D eigenvalue weighted by Gasteiger charge is 2.17. The molecule has 132 valence electrons. The zero-order valence-corrected chi connectivity index (χ0v) is 17.4. The molecule has 0 saturated carbocycles. The van der Waals surface area contributed by atoms with Crippen molar-refractivity contribution in [2.75, 3.05) is 52.4 Å². The Bertz CT molecular complexity index is 301. The fourth-order valence-corrected chi connectivity index (χ4v) is 2.63. The lowest BCUT2D eigenvalue weighted by molar-refractivity contribution is 0.125. The van der Waals surface area contributed by atoms with Gasteiger partial charge >= 0.3 is 0 Å². The molecule has 1 aliphatic rings. The number of nitrogens with one attached hydrogen (secondary N) is 2. The van der Waals surface area contributed by atoms with E-state index in [1.165, 1.54) is 32.7 Å². The molecule has 1 saturated heterocycles. The van der Waals surface area contributed by atoms with Crippen LogP contribution in [0.5, 0.6) is 0 Å². The summed E-state index contributed by atoms with van der Waals surface area (Å²) in [7, 11) is 0. The highest BCUT2D eigenvalue weighted by Crippen LogP contribution is 2.06. The van der Waals surface area contributed by atoms with Crippen LogP contribution in [0.15, 0.2) is 4.99 Å². The van der Waals surface area contributed by atoms with Crippen LogP contribution in [0.25, 0.3) is 0 Å². The molecule has 0 aliphatic carbocycles. The van der Waals surface area contributed by atoms with Crippen molar-refractivity contribution in [3.8, 4) is 0 Å². The number of aliphatic imine (C=N–C) groups is 1. The second kappa shape index (κ2) is 12.4. The smallest absolute Gasteiger partial charge is 0.191 e. The number of piperazine rings is 1. The summed E-state index contributed by atoms with van der Waals surface area (Å²) >= 11 is 0. The van der Waals surface area contributed by atoms with Gasteiger partial charge in [0.15, 0.2) is 5.96 Å². The Labute approximate surface area is 154 Å². The van der Waals surface area contributed by atoms with Crippen LogP contribution < -0.4 is 10.6 Å². The molecule has 1 heterocycles. The minimum absolute atomic E-state index is 0. The third kappa shape index (κ3) is 9.15. The zero-order valence-electron chi connectivity index (χ0n) is 15.1. The van der Waals surface area contributed by atoms with E-state index in [0.717, 1.165) is 25.6 Å². The molecule has 0 aromatic carbocycles. The van der Waals surface area contributed by atoms with E-state index in [0.29, 0.717) is 12.0 Å². The SMILES string of the molecule is CCNC(=NCC(C)CN1CCN(CC)CC1)NC(C)C.I. The van der Waals surface area contributed by atoms with Crippen molar-refractivity contribution >= 4 is 29.9 Å². The van der Waals surface area contributed by atoms with Crippen LogP contribution in [-0.2, 0) is 0 Å². The molecular weight excluding hydrogens is 389 g/mol. The predicted molar refractivity (Wildman–Crippen MR) is 107 cm³/mol. The minimum Gasteiger partial charge on any atom is -0.357 e. The molecule has 1 aliphatic heterocycles. The topological polar surface area (TPSA) is 42.9 Å². The quantitative estimate of drug-likeness (QED) is 0.371. The van der Waals surface area contributed by atoms with Crippen molar-refractivity contribution in [1.82, 2.24) is 20.4 Å². The number of nitrogens with zero attached hydrogens (tertiary/aromatic N) is 3. The third-order valence-electron chi connectivity index (χ3n) is 3.81. The van der Waals surface area contributed by atoms with E-state index in [4.69, 9.17) is 4.99 Å². The lowest BCUT2D eigenvalue weighted by atomic mass is 10.1. The summed E-state index contributed by atoms with van der Waals surface area (Å²) in [5, 5.41) is 6.68. The van der Waals surface area contributed by atoms with E-state index < -0.39 is 0 Å². The molecule has 0 aromatic heterocycles. The molecule has 1 unspecified atom stereocenters. The van der Waals surface area contributed by atoms with Gasteiger partial charge in [0.25, 0.3) is 0 Å². The van der Waals surface area contributed by atoms with Gasteiger partial charge in [0.1, 0.15) is 0 Å². The highest BCUT2D eigenvalue weighted by molar-refractivity contribution is 14.0. The number of halogens is 1. The summed E-state index contributed by atoms with van der Waals surface area (Å²) in [6, 6.07) is 0.417. The summed E-state index contributed by atoms with van der Waals surface area (Å²) in [6.45, 7) is 19.9. The molecule has 5 nitrogen and oxygen atoms in total. The number of hydrogen-bond acceptors (Lipinski definition) is 3. The van der Waals surface area contributed by atoms with E-state index in [9.17, 15) is 0 Å². The first kappa shape index (κ1) is 21.9. The molecule has 6 heteroatoms. The minimum atomic E-state index is 0. The first-order valence-corrected chi connectivity index (χ1v) is 8.54. The lowest BCUT2D eigenvalue weighted by Crippen LogP contribution is -2.47. The Morgan fingerprint density at radius 1 is 1.05 bits per heavy atom. The van der Waals surface area contributed by atoms with Gasteiger partial charge in [-0.3, -0.25) is 4.99 Å². The van der Waals surface area contributed by atoms with Crippen molar-refractivity contribution in [2.24, 2.45) is 10.9 Å². The van der Waals surface area contributed by atoms with Crippen LogP contribution in [0.1, 0.15) is 34.6 Å². The van der Waals surface area contributed by atoms with Gasteiger partial charge in [0.05, 0.1) is 0 Å². The van der Waals surface area contributed by atoms with Crippen molar-refractivity contribution in [3.05, 3.63) is 0 Å². The lowest BCUT2D eigenvalue weighted by Gasteiger charge is -2.35. The molecule has 0 radical (unpaired) electrons. The monoisotopic (exact) mass is 425 g/mol. The molecule has 0 bridgehead atoms. The largest absolute Gasteiger partial charge is 0.357 e. The molecular formula is C16H36IN5. The third-order valence-corrected chi connectivity index (χ3v) is 3.81. The Balaban J connectivity index is 0.00000441. The Hall–Kier alpha value is -0.0800. The maximum absolute atomic E-state index is 4.71. The van der Waals surface area contributed by atoms with Gasteiger partial charge in [0, 0.05) is 51.9 Å². The fraction of sp³-hybridized carbons (Fsp3) is 0.938. The van der Waals surface area contributed by atoms with Crippen molar-refractivity contribution in [2.45, 2.75) is 40.7 Å². The standard InChI is InChI=1S/C16H35N5.HI/c1-6-17-16(19-14(3)4)18-12-15(5)13-21-10-8-20(7-2)9-11-21;/h14-15H,6-13H2,1-5H3,(H2,17,18,19);1H. The number of guanidine groups is 1. The van der Waals surface area contributed by atoms with Crippen molar-refractivity contribution in [1.29, 1.82) is 0 Å². The molecule has 2 N–H and O–H groups in total. The Kier molecular flexibility index (Phi) is 12.3. The van der Waals surface area contributed by atoms with E-state index in [1.807, 2.05) is 0 Å². The molecule has 22 heavy (non-hydrogen) atoms. The molecule has 0 aromatic rings. The molecule has 0 spiro atoms. The first-order chi connectivity index (χ1) is 10.0. The van der Waals surface area contributed by atoms with Crippen LogP contribution in [0.2, 0.25) is 0 Å². The first-order valence-electron chi connectivity index (χ1n) is 8.54.